The first-order chi connectivity index (χ1) is 10.0. The second kappa shape index (κ2) is 7.25. The minimum atomic E-state index is -0.0118. The van der Waals surface area contributed by atoms with Crippen molar-refractivity contribution in [1.82, 2.24) is 9.88 Å². The molecule has 0 radical (unpaired) electrons. The average Bonchev–Trinajstić information content (AvgIpc) is 2.94. The van der Waals surface area contributed by atoms with Crippen LogP contribution in [0.1, 0.15) is 29.2 Å². The van der Waals surface area contributed by atoms with E-state index in [0.29, 0.717) is 17.3 Å². The van der Waals surface area contributed by atoms with Gasteiger partial charge in [-0.25, -0.2) is 4.98 Å². The van der Waals surface area contributed by atoms with Gasteiger partial charge < -0.3 is 4.90 Å². The first-order valence-electron chi connectivity index (χ1n) is 6.51. The highest BCUT2D eigenvalue weighted by Crippen LogP contribution is 2.22. The summed E-state index contributed by atoms with van der Waals surface area (Å²) in [5.74, 6) is 0.412. The number of thiazole rings is 1. The second-order valence-electron chi connectivity index (χ2n) is 4.78. The predicted molar refractivity (Wildman–Crippen MR) is 88.0 cm³/mol. The molecular weight excluding hydrogens is 327 g/mol. The van der Waals surface area contributed by atoms with Crippen LogP contribution in [0.15, 0.2) is 29.6 Å². The number of carbonyl (C=O) groups is 1. The van der Waals surface area contributed by atoms with E-state index in [-0.39, 0.29) is 11.9 Å². The standard InChI is InChI=1S/C15H16Cl2N2OS/c1-10(11-3-5-12(17)6-4-11)19(2)15(20)7-14-18-13(8-16)9-21-14/h3-6,9-10H,7-8H2,1-2H3. The number of aromatic nitrogens is 1. The SMILES string of the molecule is CC(c1ccc(Cl)cc1)N(C)C(=O)Cc1nc(CCl)cs1. The molecular formula is C15H16Cl2N2OS. The third-order valence-electron chi connectivity index (χ3n) is 3.37. The fraction of sp³-hybridized carbons (Fsp3) is 0.333. The molecule has 6 heteroatoms. The van der Waals surface area contributed by atoms with Crippen LogP contribution in [0.2, 0.25) is 5.02 Å². The Morgan fingerprint density at radius 2 is 2.05 bits per heavy atom. The van der Waals surface area contributed by atoms with Crippen molar-refractivity contribution in [1.29, 1.82) is 0 Å². The summed E-state index contributed by atoms with van der Waals surface area (Å²) >= 11 is 13.1. The Morgan fingerprint density at radius 3 is 2.62 bits per heavy atom. The molecule has 0 saturated heterocycles. The van der Waals surface area contributed by atoms with Crippen LogP contribution in [0.25, 0.3) is 0 Å². The Hall–Kier alpha value is -1.10. The first-order valence-corrected chi connectivity index (χ1v) is 8.31. The second-order valence-corrected chi connectivity index (χ2v) is 6.42. The molecule has 0 aliphatic heterocycles. The van der Waals surface area contributed by atoms with E-state index in [9.17, 15) is 4.79 Å². The van der Waals surface area contributed by atoms with Gasteiger partial charge in [0.2, 0.25) is 5.91 Å². The summed E-state index contributed by atoms with van der Waals surface area (Å²) < 4.78 is 0. The molecule has 1 unspecified atom stereocenters. The molecule has 1 aromatic carbocycles. The van der Waals surface area contributed by atoms with Gasteiger partial charge in [0.25, 0.3) is 0 Å². The molecule has 0 aliphatic rings. The van der Waals surface area contributed by atoms with E-state index in [1.165, 1.54) is 11.3 Å². The molecule has 1 amide bonds. The fourth-order valence-corrected chi connectivity index (χ4v) is 3.07. The maximum Gasteiger partial charge on any atom is 0.229 e. The third kappa shape index (κ3) is 4.19. The summed E-state index contributed by atoms with van der Waals surface area (Å²) in [7, 11) is 1.80. The van der Waals surface area contributed by atoms with Gasteiger partial charge in [-0.05, 0) is 24.6 Å². The predicted octanol–water partition coefficient (Wildman–Crippen LogP) is 4.30. The molecule has 1 atom stereocenters. The number of likely N-dealkylation sites (N-methyl/N-ethyl adjacent to an activating group) is 1. The molecule has 0 aliphatic carbocycles. The molecule has 0 fully saturated rings. The van der Waals surface area contributed by atoms with Gasteiger partial charge in [0.15, 0.2) is 0 Å². The zero-order chi connectivity index (χ0) is 15.4. The number of hydrogen-bond donors (Lipinski definition) is 0. The molecule has 0 spiro atoms. The van der Waals surface area contributed by atoms with Crippen molar-refractivity contribution < 1.29 is 4.79 Å². The first kappa shape index (κ1) is 16.3. The van der Waals surface area contributed by atoms with Gasteiger partial charge in [-0.2, -0.15) is 0 Å². The lowest BCUT2D eigenvalue weighted by molar-refractivity contribution is -0.131. The van der Waals surface area contributed by atoms with Crippen molar-refractivity contribution in [2.24, 2.45) is 0 Å². The van der Waals surface area contributed by atoms with Gasteiger partial charge in [-0.1, -0.05) is 23.7 Å². The number of carbonyl (C=O) groups excluding carboxylic acids is 1. The average molecular weight is 343 g/mol. The maximum atomic E-state index is 12.3. The number of nitrogens with zero attached hydrogens (tertiary/aromatic N) is 2. The van der Waals surface area contributed by atoms with E-state index in [1.807, 2.05) is 36.6 Å². The molecule has 21 heavy (non-hydrogen) atoms. The molecule has 3 nitrogen and oxygen atoms in total. The van der Waals surface area contributed by atoms with Crippen molar-refractivity contribution >= 4 is 40.4 Å². The summed E-state index contributed by atoms with van der Waals surface area (Å²) in [5, 5.41) is 3.38. The van der Waals surface area contributed by atoms with Crippen LogP contribution in [-0.2, 0) is 17.1 Å². The largest absolute Gasteiger partial charge is 0.339 e. The van der Waals surface area contributed by atoms with Gasteiger partial charge in [0.1, 0.15) is 5.01 Å². The van der Waals surface area contributed by atoms with Crippen LogP contribution >= 0.6 is 34.5 Å². The Balaban J connectivity index is 2.02. The van der Waals surface area contributed by atoms with Crippen LogP contribution in [-0.4, -0.2) is 22.8 Å². The van der Waals surface area contributed by atoms with Crippen LogP contribution < -0.4 is 0 Å². The molecule has 1 heterocycles. The zero-order valence-corrected chi connectivity index (χ0v) is 14.2. The van der Waals surface area contributed by atoms with Gasteiger partial charge in [-0.15, -0.1) is 22.9 Å². The van der Waals surface area contributed by atoms with Crippen LogP contribution in [0.3, 0.4) is 0 Å². The molecule has 1 aromatic heterocycles. The Kier molecular flexibility index (Phi) is 5.62. The summed E-state index contributed by atoms with van der Waals surface area (Å²) in [5.41, 5.74) is 1.87. The Bertz CT molecular complexity index is 612. The van der Waals surface area contributed by atoms with Crippen molar-refractivity contribution in [2.75, 3.05) is 7.05 Å². The fourth-order valence-electron chi connectivity index (χ4n) is 1.93. The Labute approximate surface area is 138 Å². The minimum Gasteiger partial charge on any atom is -0.339 e. The number of halogens is 2. The lowest BCUT2D eigenvalue weighted by Gasteiger charge is -2.25. The van der Waals surface area contributed by atoms with Crippen molar-refractivity contribution in [2.45, 2.75) is 25.3 Å². The van der Waals surface area contributed by atoms with Crippen molar-refractivity contribution in [3.63, 3.8) is 0 Å². The number of alkyl halides is 1. The molecule has 2 rings (SSSR count). The quantitative estimate of drug-likeness (QED) is 0.759. The third-order valence-corrected chi connectivity index (χ3v) is 4.79. The highest BCUT2D eigenvalue weighted by Gasteiger charge is 2.18. The summed E-state index contributed by atoms with van der Waals surface area (Å²) in [6.07, 6.45) is 0.302. The van der Waals surface area contributed by atoms with Crippen LogP contribution in [0.4, 0.5) is 0 Å². The molecule has 0 bridgehead atoms. The van der Waals surface area contributed by atoms with E-state index in [2.05, 4.69) is 4.98 Å². The minimum absolute atomic E-state index is 0.0118. The zero-order valence-electron chi connectivity index (χ0n) is 11.8. The van der Waals surface area contributed by atoms with Crippen LogP contribution in [0.5, 0.6) is 0 Å². The topological polar surface area (TPSA) is 33.2 Å². The van der Waals surface area contributed by atoms with Crippen molar-refractivity contribution in [3.8, 4) is 0 Å². The number of benzene rings is 1. The molecule has 0 saturated carbocycles. The van der Waals surface area contributed by atoms with E-state index < -0.39 is 0 Å². The van der Waals surface area contributed by atoms with E-state index in [4.69, 9.17) is 23.2 Å². The maximum absolute atomic E-state index is 12.3. The smallest absolute Gasteiger partial charge is 0.229 e. The molecule has 2 aromatic rings. The van der Waals surface area contributed by atoms with Gasteiger partial charge in [0, 0.05) is 17.5 Å². The Morgan fingerprint density at radius 1 is 1.38 bits per heavy atom. The monoisotopic (exact) mass is 342 g/mol. The normalized spacial score (nSPS) is 12.2. The van der Waals surface area contributed by atoms with Crippen molar-refractivity contribution in [3.05, 3.63) is 50.9 Å². The summed E-state index contributed by atoms with van der Waals surface area (Å²) in [6.45, 7) is 1.99. The van der Waals surface area contributed by atoms with Gasteiger partial charge >= 0.3 is 0 Å². The molecule has 112 valence electrons. The van der Waals surface area contributed by atoms with E-state index in [1.54, 1.807) is 11.9 Å². The van der Waals surface area contributed by atoms with Crippen LogP contribution in [0, 0.1) is 0 Å². The lowest BCUT2D eigenvalue weighted by Crippen LogP contribution is -2.30. The van der Waals surface area contributed by atoms with E-state index in [0.717, 1.165) is 16.3 Å². The van der Waals surface area contributed by atoms with Gasteiger partial charge in [-0.3, -0.25) is 4.79 Å². The highest BCUT2D eigenvalue weighted by molar-refractivity contribution is 7.09. The van der Waals surface area contributed by atoms with Gasteiger partial charge in [0.05, 0.1) is 24.0 Å². The number of hydrogen-bond acceptors (Lipinski definition) is 3. The summed E-state index contributed by atoms with van der Waals surface area (Å²) in [4.78, 5) is 18.4. The lowest BCUT2D eigenvalue weighted by atomic mass is 10.1. The molecule has 0 N–H and O–H groups in total. The number of rotatable bonds is 5. The highest BCUT2D eigenvalue weighted by atomic mass is 35.5. The van der Waals surface area contributed by atoms with E-state index >= 15 is 0 Å². The summed E-state index contributed by atoms with van der Waals surface area (Å²) in [6, 6.07) is 7.53. The number of amides is 1.